The van der Waals surface area contributed by atoms with Crippen LogP contribution >= 0.6 is 0 Å². The number of aromatic amines is 1. The van der Waals surface area contributed by atoms with Gasteiger partial charge in [-0.05, 0) is 36.2 Å². The molecule has 2 N–H and O–H groups in total. The van der Waals surface area contributed by atoms with Gasteiger partial charge >= 0.3 is 0 Å². The third-order valence-corrected chi connectivity index (χ3v) is 5.75. The lowest BCUT2D eigenvalue weighted by molar-refractivity contribution is 0.0946. The van der Waals surface area contributed by atoms with Crippen molar-refractivity contribution in [1.29, 1.82) is 0 Å². The fourth-order valence-electron chi connectivity index (χ4n) is 3.92. The molecule has 0 saturated heterocycles. The number of rotatable bonds is 6. The Labute approximate surface area is 192 Å². The predicted molar refractivity (Wildman–Crippen MR) is 129 cm³/mol. The number of benzene rings is 2. The molecule has 0 fully saturated rings. The van der Waals surface area contributed by atoms with Crippen LogP contribution in [0.4, 0.5) is 0 Å². The van der Waals surface area contributed by atoms with Crippen molar-refractivity contribution >= 4 is 11.6 Å². The molecule has 0 radical (unpaired) electrons. The number of nitrogens with zero attached hydrogens (tertiary/aromatic N) is 2. The Morgan fingerprint density at radius 3 is 2.64 bits per heavy atom. The van der Waals surface area contributed by atoms with E-state index in [1.807, 2.05) is 79.7 Å². The summed E-state index contributed by atoms with van der Waals surface area (Å²) >= 11 is 0. The van der Waals surface area contributed by atoms with Crippen LogP contribution < -0.4 is 5.32 Å². The molecule has 0 unspecified atom stereocenters. The molecule has 1 aliphatic heterocycles. The highest BCUT2D eigenvalue weighted by molar-refractivity contribution is 5.99. The number of hydrogen-bond donors (Lipinski definition) is 2. The summed E-state index contributed by atoms with van der Waals surface area (Å²) in [4.78, 5) is 25.5. The van der Waals surface area contributed by atoms with Crippen LogP contribution in [0.5, 0.6) is 0 Å². The summed E-state index contributed by atoms with van der Waals surface area (Å²) in [6.45, 7) is 3.04. The van der Waals surface area contributed by atoms with Gasteiger partial charge in [-0.25, -0.2) is 0 Å². The maximum absolute atomic E-state index is 12.1. The molecule has 0 aliphatic carbocycles. The highest BCUT2D eigenvalue weighted by atomic mass is 16.6. The van der Waals surface area contributed by atoms with Crippen molar-refractivity contribution in [3.8, 4) is 22.5 Å². The lowest BCUT2D eigenvalue weighted by Gasteiger charge is -2.11. The van der Waals surface area contributed by atoms with Gasteiger partial charge < -0.3 is 15.1 Å². The minimum atomic E-state index is -0.0200. The van der Waals surface area contributed by atoms with Crippen molar-refractivity contribution < 1.29 is 9.63 Å². The minimum Gasteiger partial charge on any atom is -0.391 e. The van der Waals surface area contributed by atoms with Crippen LogP contribution in [0.1, 0.15) is 34.1 Å². The van der Waals surface area contributed by atoms with Gasteiger partial charge in [-0.2, -0.15) is 0 Å². The molecule has 164 valence electrons. The molecule has 4 aromatic rings. The van der Waals surface area contributed by atoms with Gasteiger partial charge in [-0.1, -0.05) is 59.8 Å². The molecule has 1 amide bonds. The predicted octanol–water partition coefficient (Wildman–Crippen LogP) is 4.97. The first-order valence-electron chi connectivity index (χ1n) is 11.0. The fraction of sp³-hybridized carbons (Fsp3) is 0.148. The normalized spacial score (nSPS) is 13.4. The van der Waals surface area contributed by atoms with E-state index in [9.17, 15) is 4.79 Å². The van der Waals surface area contributed by atoms with Crippen molar-refractivity contribution in [2.45, 2.75) is 20.0 Å². The molecular formula is C27H24N4O2. The molecule has 0 saturated carbocycles. The Morgan fingerprint density at radius 2 is 1.85 bits per heavy atom. The Kier molecular flexibility index (Phi) is 5.72. The number of carbonyl (C=O) groups excluding carboxylic acids is 1. The molecule has 0 atom stereocenters. The van der Waals surface area contributed by atoms with Crippen LogP contribution in [0.2, 0.25) is 0 Å². The summed E-state index contributed by atoms with van der Waals surface area (Å²) in [6.07, 6.45) is 2.61. The fourth-order valence-corrected chi connectivity index (χ4v) is 3.92. The molecule has 0 spiro atoms. The van der Waals surface area contributed by atoms with Crippen molar-refractivity contribution in [3.63, 3.8) is 0 Å². The van der Waals surface area contributed by atoms with E-state index in [1.165, 1.54) is 0 Å². The summed E-state index contributed by atoms with van der Waals surface area (Å²) < 4.78 is 0. The second-order valence-corrected chi connectivity index (χ2v) is 8.02. The lowest BCUT2D eigenvalue weighted by Crippen LogP contribution is -2.31. The van der Waals surface area contributed by atoms with E-state index in [0.29, 0.717) is 13.2 Å². The Hall–Kier alpha value is -4.19. The van der Waals surface area contributed by atoms with Crippen LogP contribution in [-0.4, -0.2) is 28.1 Å². The van der Waals surface area contributed by atoms with Crippen LogP contribution in [0.15, 0.2) is 84.1 Å². The van der Waals surface area contributed by atoms with Gasteiger partial charge in [0.25, 0.3) is 5.91 Å². The van der Waals surface area contributed by atoms with E-state index < -0.39 is 0 Å². The maximum atomic E-state index is 12.1. The molecule has 6 nitrogen and oxygen atoms in total. The quantitative estimate of drug-likeness (QED) is 0.331. The van der Waals surface area contributed by atoms with Crippen LogP contribution in [-0.2, 0) is 17.9 Å². The zero-order valence-electron chi connectivity index (χ0n) is 18.3. The van der Waals surface area contributed by atoms with Crippen molar-refractivity contribution in [3.05, 3.63) is 101 Å². The highest BCUT2D eigenvalue weighted by Crippen LogP contribution is 2.27. The highest BCUT2D eigenvalue weighted by Gasteiger charge is 2.20. The summed E-state index contributed by atoms with van der Waals surface area (Å²) in [5, 5.41) is 7.13. The van der Waals surface area contributed by atoms with E-state index in [4.69, 9.17) is 4.84 Å². The van der Waals surface area contributed by atoms with E-state index in [0.717, 1.165) is 57.0 Å². The summed E-state index contributed by atoms with van der Waals surface area (Å²) in [7, 11) is 0. The summed E-state index contributed by atoms with van der Waals surface area (Å²) in [5.41, 5.74) is 8.40. The first-order chi connectivity index (χ1) is 16.2. The third-order valence-electron chi connectivity index (χ3n) is 5.75. The second-order valence-electron chi connectivity index (χ2n) is 8.02. The zero-order chi connectivity index (χ0) is 22.6. The number of hydrogen-bond acceptors (Lipinski definition) is 4. The molecular weight excluding hydrogens is 412 g/mol. The van der Waals surface area contributed by atoms with Gasteiger partial charge in [-0.3, -0.25) is 9.78 Å². The van der Waals surface area contributed by atoms with Gasteiger partial charge in [0.15, 0.2) is 0 Å². The number of nitrogens with one attached hydrogen (secondary N) is 2. The van der Waals surface area contributed by atoms with E-state index in [-0.39, 0.29) is 5.91 Å². The van der Waals surface area contributed by atoms with Gasteiger partial charge in [-0.15, -0.1) is 0 Å². The first-order valence-corrected chi connectivity index (χ1v) is 11.0. The van der Waals surface area contributed by atoms with E-state index >= 15 is 0 Å². The lowest BCUT2D eigenvalue weighted by atomic mass is 10.0. The van der Waals surface area contributed by atoms with Crippen LogP contribution in [0, 0.1) is 0 Å². The largest absolute Gasteiger partial charge is 0.391 e. The standard InChI is InChI=1S/C27H24N4O2/c1-18(31-33-17-19-5-3-2-4-6-19)20-7-9-21(10-8-20)25-15-22(11-13-28-25)26-16-23-24(30-26)12-14-29-27(23)32/h2-11,13,15-16,30H,12,14,17H2,1H3,(H,29,32)/b31-18-. The Bertz CT molecular complexity index is 1310. The SMILES string of the molecule is C/C(=N/OCc1ccccc1)c1ccc(-c2cc(-c3cc4c([nH]3)CCNC4=O)ccn2)cc1. The molecule has 2 aromatic heterocycles. The Morgan fingerprint density at radius 1 is 1.03 bits per heavy atom. The Balaban J connectivity index is 1.31. The molecule has 3 heterocycles. The number of H-pyrrole nitrogens is 1. The first kappa shape index (κ1) is 20.7. The van der Waals surface area contributed by atoms with Gasteiger partial charge in [0.05, 0.1) is 17.0 Å². The topological polar surface area (TPSA) is 79.4 Å². The summed E-state index contributed by atoms with van der Waals surface area (Å²) in [5.74, 6) is -0.0200. The minimum absolute atomic E-state index is 0.0200. The number of carbonyl (C=O) groups is 1. The molecule has 6 heteroatoms. The van der Waals surface area contributed by atoms with Crippen molar-refractivity contribution in [2.24, 2.45) is 5.16 Å². The average molecular weight is 437 g/mol. The third kappa shape index (κ3) is 4.55. The van der Waals surface area contributed by atoms with Gasteiger partial charge in [0.1, 0.15) is 6.61 Å². The van der Waals surface area contributed by atoms with E-state index in [1.54, 1.807) is 6.20 Å². The van der Waals surface area contributed by atoms with Gasteiger partial charge in [0, 0.05) is 41.7 Å². The molecule has 33 heavy (non-hydrogen) atoms. The van der Waals surface area contributed by atoms with E-state index in [2.05, 4.69) is 20.4 Å². The number of aromatic nitrogens is 2. The second kappa shape index (κ2) is 9.12. The average Bonchev–Trinajstić information content (AvgIpc) is 3.31. The number of fused-ring (bicyclic) bond motifs is 1. The molecule has 1 aliphatic rings. The summed E-state index contributed by atoms with van der Waals surface area (Å²) in [6, 6.07) is 24.0. The maximum Gasteiger partial charge on any atom is 0.253 e. The number of amides is 1. The smallest absolute Gasteiger partial charge is 0.253 e. The monoisotopic (exact) mass is 436 g/mol. The number of oxime groups is 1. The van der Waals surface area contributed by atoms with Crippen LogP contribution in [0.25, 0.3) is 22.5 Å². The van der Waals surface area contributed by atoms with Crippen LogP contribution in [0.3, 0.4) is 0 Å². The molecule has 0 bridgehead atoms. The van der Waals surface area contributed by atoms with Crippen molar-refractivity contribution in [2.75, 3.05) is 6.54 Å². The molecule has 2 aromatic carbocycles. The van der Waals surface area contributed by atoms with Gasteiger partial charge in [0.2, 0.25) is 0 Å². The van der Waals surface area contributed by atoms with Crippen molar-refractivity contribution in [1.82, 2.24) is 15.3 Å². The number of pyridine rings is 1. The zero-order valence-corrected chi connectivity index (χ0v) is 18.3. The molecule has 5 rings (SSSR count).